The normalized spacial score (nSPS) is 34.1. The van der Waals surface area contributed by atoms with Crippen molar-refractivity contribution in [2.75, 3.05) is 7.11 Å². The standard InChI is InChI=1S/C16H24N2O2/c1-11-14(15(19)20-3)12-8-6-4-5-7-9-13(12)16(2,10-17)18-11/h12-13,18H,4-9H2,1-3H3/t12-,13-,16?/m1/s1. The molecule has 4 heteroatoms. The monoisotopic (exact) mass is 276 g/mol. The van der Waals surface area contributed by atoms with Crippen LogP contribution in [0.25, 0.3) is 0 Å². The quantitative estimate of drug-likeness (QED) is 0.748. The molecule has 0 aromatic carbocycles. The Labute approximate surface area is 121 Å². The highest BCUT2D eigenvalue weighted by molar-refractivity contribution is 5.90. The van der Waals surface area contributed by atoms with Crippen LogP contribution in [-0.2, 0) is 9.53 Å². The average Bonchev–Trinajstić information content (AvgIpc) is 2.39. The Morgan fingerprint density at radius 1 is 1.35 bits per heavy atom. The molecule has 1 aliphatic carbocycles. The molecule has 1 aliphatic heterocycles. The van der Waals surface area contributed by atoms with Gasteiger partial charge in [-0.3, -0.25) is 0 Å². The van der Waals surface area contributed by atoms with Crippen LogP contribution >= 0.6 is 0 Å². The molecule has 1 unspecified atom stereocenters. The molecule has 0 spiro atoms. The van der Waals surface area contributed by atoms with E-state index in [0.29, 0.717) is 0 Å². The summed E-state index contributed by atoms with van der Waals surface area (Å²) < 4.78 is 4.96. The lowest BCUT2D eigenvalue weighted by Crippen LogP contribution is -2.54. The van der Waals surface area contributed by atoms with Crippen molar-refractivity contribution in [3.05, 3.63) is 11.3 Å². The third-order valence-electron chi connectivity index (χ3n) is 4.87. The number of esters is 1. The molecule has 3 atom stereocenters. The Balaban J connectivity index is 2.44. The average molecular weight is 276 g/mol. The Morgan fingerprint density at radius 3 is 2.60 bits per heavy atom. The Kier molecular flexibility index (Phi) is 4.37. The van der Waals surface area contributed by atoms with Crippen LogP contribution < -0.4 is 5.32 Å². The molecule has 1 fully saturated rings. The van der Waals surface area contributed by atoms with Gasteiger partial charge in [0.2, 0.25) is 0 Å². The summed E-state index contributed by atoms with van der Waals surface area (Å²) in [5, 5.41) is 12.9. The number of fused-ring (bicyclic) bond motifs is 1. The van der Waals surface area contributed by atoms with E-state index in [9.17, 15) is 10.1 Å². The zero-order valence-corrected chi connectivity index (χ0v) is 12.7. The summed E-state index contributed by atoms with van der Waals surface area (Å²) in [6.07, 6.45) is 6.67. The van der Waals surface area contributed by atoms with Crippen molar-refractivity contribution in [3.8, 4) is 6.07 Å². The molecule has 2 aliphatic rings. The minimum absolute atomic E-state index is 0.147. The maximum atomic E-state index is 12.1. The number of hydrogen-bond donors (Lipinski definition) is 1. The van der Waals surface area contributed by atoms with Crippen molar-refractivity contribution < 1.29 is 9.53 Å². The number of carbonyl (C=O) groups is 1. The molecule has 0 saturated heterocycles. The lowest BCUT2D eigenvalue weighted by atomic mass is 9.66. The summed E-state index contributed by atoms with van der Waals surface area (Å²) in [5.74, 6) is 0.0878. The van der Waals surface area contributed by atoms with E-state index in [-0.39, 0.29) is 17.8 Å². The van der Waals surface area contributed by atoms with E-state index in [2.05, 4.69) is 11.4 Å². The highest BCUT2D eigenvalue weighted by Crippen LogP contribution is 2.43. The number of nitriles is 1. The lowest BCUT2D eigenvalue weighted by Gasteiger charge is -2.45. The minimum atomic E-state index is -0.580. The molecule has 0 amide bonds. The van der Waals surface area contributed by atoms with E-state index >= 15 is 0 Å². The smallest absolute Gasteiger partial charge is 0.335 e. The minimum Gasteiger partial charge on any atom is -0.466 e. The number of methoxy groups -OCH3 is 1. The fraction of sp³-hybridized carbons (Fsp3) is 0.750. The van der Waals surface area contributed by atoms with E-state index in [4.69, 9.17) is 4.74 Å². The van der Waals surface area contributed by atoms with E-state index < -0.39 is 5.54 Å². The number of nitrogens with one attached hydrogen (secondary N) is 1. The first kappa shape index (κ1) is 14.9. The first-order chi connectivity index (χ1) is 9.53. The third kappa shape index (κ3) is 2.54. The maximum Gasteiger partial charge on any atom is 0.335 e. The van der Waals surface area contributed by atoms with Crippen molar-refractivity contribution in [2.24, 2.45) is 11.8 Å². The van der Waals surface area contributed by atoms with E-state index in [1.165, 1.54) is 20.0 Å². The first-order valence-corrected chi connectivity index (χ1v) is 7.52. The van der Waals surface area contributed by atoms with Crippen molar-refractivity contribution in [1.29, 1.82) is 5.26 Å². The molecule has 1 heterocycles. The molecular formula is C16H24N2O2. The molecule has 1 N–H and O–H groups in total. The third-order valence-corrected chi connectivity index (χ3v) is 4.87. The summed E-state index contributed by atoms with van der Waals surface area (Å²) in [6.45, 7) is 3.85. The van der Waals surface area contributed by atoms with Crippen LogP contribution in [0.1, 0.15) is 52.4 Å². The lowest BCUT2D eigenvalue weighted by molar-refractivity contribution is -0.137. The molecule has 0 bridgehead atoms. The molecule has 110 valence electrons. The number of carbonyl (C=O) groups excluding carboxylic acids is 1. The van der Waals surface area contributed by atoms with Crippen LogP contribution in [-0.4, -0.2) is 18.6 Å². The largest absolute Gasteiger partial charge is 0.466 e. The van der Waals surface area contributed by atoms with Gasteiger partial charge in [0.1, 0.15) is 5.54 Å². The van der Waals surface area contributed by atoms with Gasteiger partial charge in [0.05, 0.1) is 18.8 Å². The molecule has 20 heavy (non-hydrogen) atoms. The molecule has 1 saturated carbocycles. The summed E-state index contributed by atoms with van der Waals surface area (Å²) in [4.78, 5) is 12.1. The van der Waals surface area contributed by atoms with Crippen LogP contribution in [0.15, 0.2) is 11.3 Å². The topological polar surface area (TPSA) is 62.1 Å². The highest BCUT2D eigenvalue weighted by Gasteiger charge is 2.46. The van der Waals surface area contributed by atoms with Gasteiger partial charge < -0.3 is 10.1 Å². The van der Waals surface area contributed by atoms with Crippen LogP contribution in [0.2, 0.25) is 0 Å². The molecule has 4 nitrogen and oxygen atoms in total. The van der Waals surface area contributed by atoms with Gasteiger partial charge in [-0.15, -0.1) is 0 Å². The van der Waals surface area contributed by atoms with Gasteiger partial charge in [-0.05, 0) is 32.6 Å². The van der Waals surface area contributed by atoms with Gasteiger partial charge >= 0.3 is 5.97 Å². The summed E-state index contributed by atoms with van der Waals surface area (Å²) in [7, 11) is 1.43. The molecule has 0 radical (unpaired) electrons. The number of rotatable bonds is 1. The van der Waals surface area contributed by atoms with Crippen molar-refractivity contribution in [1.82, 2.24) is 5.32 Å². The molecular weight excluding hydrogens is 252 g/mol. The van der Waals surface area contributed by atoms with E-state index in [1.807, 2.05) is 13.8 Å². The fourth-order valence-corrected chi connectivity index (χ4v) is 3.87. The van der Waals surface area contributed by atoms with Crippen molar-refractivity contribution in [2.45, 2.75) is 57.9 Å². The first-order valence-electron chi connectivity index (χ1n) is 7.52. The fourth-order valence-electron chi connectivity index (χ4n) is 3.87. The van der Waals surface area contributed by atoms with Gasteiger partial charge in [-0.1, -0.05) is 25.7 Å². The predicted octanol–water partition coefficient (Wildman–Crippen LogP) is 2.91. The van der Waals surface area contributed by atoms with E-state index in [0.717, 1.165) is 37.0 Å². The number of nitrogens with zero attached hydrogens (tertiary/aromatic N) is 1. The maximum absolute atomic E-state index is 12.1. The Hall–Kier alpha value is -1.50. The van der Waals surface area contributed by atoms with Crippen LogP contribution in [0.5, 0.6) is 0 Å². The predicted molar refractivity (Wildman–Crippen MR) is 76.6 cm³/mol. The highest BCUT2D eigenvalue weighted by atomic mass is 16.5. The van der Waals surface area contributed by atoms with Crippen LogP contribution in [0, 0.1) is 23.2 Å². The molecule has 2 rings (SSSR count). The van der Waals surface area contributed by atoms with Gasteiger partial charge in [0.25, 0.3) is 0 Å². The zero-order valence-electron chi connectivity index (χ0n) is 12.7. The van der Waals surface area contributed by atoms with E-state index in [1.54, 1.807) is 0 Å². The molecule has 0 aromatic heterocycles. The number of ether oxygens (including phenoxy) is 1. The summed E-state index contributed by atoms with van der Waals surface area (Å²) in [6, 6.07) is 2.44. The number of hydrogen-bond acceptors (Lipinski definition) is 4. The SMILES string of the molecule is COC(=O)C1=C(C)NC(C)(C#N)[C@@H]2CCCCCC[C@@H]12. The summed E-state index contributed by atoms with van der Waals surface area (Å²) >= 11 is 0. The second-order valence-electron chi connectivity index (χ2n) is 6.17. The van der Waals surface area contributed by atoms with Crippen molar-refractivity contribution in [3.63, 3.8) is 0 Å². The Bertz CT molecular complexity index is 464. The zero-order chi connectivity index (χ0) is 14.8. The second-order valence-corrected chi connectivity index (χ2v) is 6.17. The summed E-state index contributed by atoms with van der Waals surface area (Å²) in [5.41, 5.74) is 0.985. The number of allylic oxidation sites excluding steroid dienone is 1. The Morgan fingerprint density at radius 2 is 2.00 bits per heavy atom. The second kappa shape index (κ2) is 5.87. The molecule has 0 aromatic rings. The van der Waals surface area contributed by atoms with Gasteiger partial charge in [0.15, 0.2) is 0 Å². The van der Waals surface area contributed by atoms with Crippen molar-refractivity contribution >= 4 is 5.97 Å². The van der Waals surface area contributed by atoms with Gasteiger partial charge in [0, 0.05) is 11.6 Å². The van der Waals surface area contributed by atoms with Gasteiger partial charge in [-0.2, -0.15) is 5.26 Å². The van der Waals surface area contributed by atoms with Gasteiger partial charge in [-0.25, -0.2) is 4.79 Å². The van der Waals surface area contributed by atoms with Crippen LogP contribution in [0.4, 0.5) is 0 Å². The van der Waals surface area contributed by atoms with Crippen LogP contribution in [0.3, 0.4) is 0 Å².